The minimum absolute atomic E-state index is 0.217. The molecule has 0 aliphatic heterocycles. The van der Waals surface area contributed by atoms with Gasteiger partial charge in [0.2, 0.25) is 5.88 Å². The highest BCUT2D eigenvalue weighted by Gasteiger charge is 2.10. The lowest BCUT2D eigenvalue weighted by atomic mass is 10.00. The standard InChI is InChI=1S/C15H17ClN2O/c1-17-14(12-4-3-5-13(16)9-12)8-11-6-7-15(19-2)18-10-11/h3-7,9-10,14,17H,8H2,1-2H3. The number of benzene rings is 1. The van der Waals surface area contributed by atoms with Crippen LogP contribution in [0.2, 0.25) is 5.02 Å². The van der Waals surface area contributed by atoms with Gasteiger partial charge in [-0.3, -0.25) is 0 Å². The molecule has 19 heavy (non-hydrogen) atoms. The van der Waals surface area contributed by atoms with Crippen molar-refractivity contribution in [1.82, 2.24) is 10.3 Å². The molecular weight excluding hydrogens is 260 g/mol. The highest BCUT2D eigenvalue weighted by Crippen LogP contribution is 2.21. The lowest BCUT2D eigenvalue weighted by molar-refractivity contribution is 0.397. The average molecular weight is 277 g/mol. The normalized spacial score (nSPS) is 12.2. The number of nitrogens with one attached hydrogen (secondary N) is 1. The molecule has 1 N–H and O–H groups in total. The van der Waals surface area contributed by atoms with E-state index in [9.17, 15) is 0 Å². The maximum Gasteiger partial charge on any atom is 0.212 e. The summed E-state index contributed by atoms with van der Waals surface area (Å²) < 4.78 is 5.06. The van der Waals surface area contributed by atoms with Crippen molar-refractivity contribution >= 4 is 11.6 Å². The molecule has 2 rings (SSSR count). The van der Waals surface area contributed by atoms with E-state index in [2.05, 4.69) is 16.4 Å². The molecule has 1 heterocycles. The Balaban J connectivity index is 2.14. The number of methoxy groups -OCH3 is 1. The Morgan fingerprint density at radius 3 is 2.74 bits per heavy atom. The van der Waals surface area contributed by atoms with Gasteiger partial charge in [-0.25, -0.2) is 4.98 Å². The van der Waals surface area contributed by atoms with Crippen LogP contribution in [0.1, 0.15) is 17.2 Å². The molecule has 0 radical (unpaired) electrons. The number of halogens is 1. The van der Waals surface area contributed by atoms with Crippen LogP contribution in [-0.4, -0.2) is 19.1 Å². The Labute approximate surface area is 118 Å². The van der Waals surface area contributed by atoms with Crippen LogP contribution in [0.4, 0.5) is 0 Å². The van der Waals surface area contributed by atoms with E-state index in [1.807, 2.05) is 43.6 Å². The summed E-state index contributed by atoms with van der Waals surface area (Å²) in [7, 11) is 3.56. The molecule has 100 valence electrons. The van der Waals surface area contributed by atoms with Gasteiger partial charge in [-0.2, -0.15) is 0 Å². The van der Waals surface area contributed by atoms with Gasteiger partial charge >= 0.3 is 0 Å². The van der Waals surface area contributed by atoms with Crippen molar-refractivity contribution < 1.29 is 4.74 Å². The molecule has 0 spiro atoms. The van der Waals surface area contributed by atoms with E-state index in [0.29, 0.717) is 5.88 Å². The highest BCUT2D eigenvalue weighted by molar-refractivity contribution is 6.30. The number of ether oxygens (including phenoxy) is 1. The molecule has 0 bridgehead atoms. The van der Waals surface area contributed by atoms with Crippen LogP contribution in [0.5, 0.6) is 5.88 Å². The van der Waals surface area contributed by atoms with E-state index in [0.717, 1.165) is 17.0 Å². The predicted octanol–water partition coefficient (Wildman–Crippen LogP) is 3.25. The Hall–Kier alpha value is -1.58. The van der Waals surface area contributed by atoms with E-state index >= 15 is 0 Å². The van der Waals surface area contributed by atoms with Crippen LogP contribution in [0, 0.1) is 0 Å². The Kier molecular flexibility index (Phi) is 4.77. The first-order chi connectivity index (χ1) is 9.22. The summed E-state index contributed by atoms with van der Waals surface area (Å²) in [6.45, 7) is 0. The molecule has 0 amide bonds. The first-order valence-electron chi connectivity index (χ1n) is 6.14. The van der Waals surface area contributed by atoms with Crippen LogP contribution in [-0.2, 0) is 6.42 Å². The molecule has 0 saturated carbocycles. The van der Waals surface area contributed by atoms with Crippen LogP contribution in [0.15, 0.2) is 42.6 Å². The number of hydrogen-bond donors (Lipinski definition) is 1. The molecule has 1 aromatic carbocycles. The van der Waals surface area contributed by atoms with Crippen molar-refractivity contribution in [3.8, 4) is 5.88 Å². The second-order valence-electron chi connectivity index (χ2n) is 4.31. The van der Waals surface area contributed by atoms with E-state index in [1.165, 1.54) is 5.56 Å². The molecule has 0 saturated heterocycles. The molecule has 0 aliphatic rings. The second-order valence-corrected chi connectivity index (χ2v) is 4.75. The first kappa shape index (κ1) is 13.8. The lowest BCUT2D eigenvalue weighted by Gasteiger charge is -2.17. The lowest BCUT2D eigenvalue weighted by Crippen LogP contribution is -2.18. The van der Waals surface area contributed by atoms with Crippen molar-refractivity contribution in [3.63, 3.8) is 0 Å². The first-order valence-corrected chi connectivity index (χ1v) is 6.52. The molecule has 2 aromatic rings. The van der Waals surface area contributed by atoms with Crippen LogP contribution in [0.25, 0.3) is 0 Å². The van der Waals surface area contributed by atoms with Gasteiger partial charge in [-0.1, -0.05) is 29.8 Å². The van der Waals surface area contributed by atoms with Gasteiger partial charge in [-0.15, -0.1) is 0 Å². The summed E-state index contributed by atoms with van der Waals surface area (Å²) in [5.41, 5.74) is 2.32. The summed E-state index contributed by atoms with van der Waals surface area (Å²) in [4.78, 5) is 4.22. The number of likely N-dealkylation sites (N-methyl/N-ethyl adjacent to an activating group) is 1. The highest BCUT2D eigenvalue weighted by atomic mass is 35.5. The van der Waals surface area contributed by atoms with Gasteiger partial charge < -0.3 is 10.1 Å². The molecule has 0 aliphatic carbocycles. The molecule has 1 atom stereocenters. The van der Waals surface area contributed by atoms with E-state index < -0.39 is 0 Å². The summed E-state index contributed by atoms with van der Waals surface area (Å²) >= 11 is 6.03. The Bertz CT molecular complexity index is 528. The van der Waals surface area contributed by atoms with E-state index in [1.54, 1.807) is 7.11 Å². The fraction of sp³-hybridized carbons (Fsp3) is 0.267. The molecule has 0 fully saturated rings. The van der Waals surface area contributed by atoms with Gasteiger partial charge in [0.25, 0.3) is 0 Å². The fourth-order valence-electron chi connectivity index (χ4n) is 2.00. The molecule has 1 aromatic heterocycles. The number of pyridine rings is 1. The fourth-order valence-corrected chi connectivity index (χ4v) is 2.20. The SMILES string of the molecule is CNC(Cc1ccc(OC)nc1)c1cccc(Cl)c1. The van der Waals surface area contributed by atoms with Gasteiger partial charge in [0, 0.05) is 23.3 Å². The van der Waals surface area contributed by atoms with Crippen LogP contribution >= 0.6 is 11.6 Å². The maximum absolute atomic E-state index is 6.03. The number of rotatable bonds is 5. The smallest absolute Gasteiger partial charge is 0.212 e. The zero-order valence-electron chi connectivity index (χ0n) is 11.1. The van der Waals surface area contributed by atoms with E-state index in [4.69, 9.17) is 16.3 Å². The van der Waals surface area contributed by atoms with Crippen molar-refractivity contribution in [2.75, 3.05) is 14.2 Å². The molecule has 3 nitrogen and oxygen atoms in total. The minimum atomic E-state index is 0.217. The van der Waals surface area contributed by atoms with E-state index in [-0.39, 0.29) is 6.04 Å². The summed E-state index contributed by atoms with van der Waals surface area (Å²) in [6.07, 6.45) is 2.70. The summed E-state index contributed by atoms with van der Waals surface area (Å²) in [5.74, 6) is 0.632. The van der Waals surface area contributed by atoms with Crippen LogP contribution < -0.4 is 10.1 Å². The van der Waals surface area contributed by atoms with Crippen molar-refractivity contribution in [3.05, 3.63) is 58.7 Å². The number of aromatic nitrogens is 1. The van der Waals surface area contributed by atoms with Crippen molar-refractivity contribution in [1.29, 1.82) is 0 Å². The number of nitrogens with zero attached hydrogens (tertiary/aromatic N) is 1. The van der Waals surface area contributed by atoms with Crippen molar-refractivity contribution in [2.24, 2.45) is 0 Å². The largest absolute Gasteiger partial charge is 0.481 e. The monoisotopic (exact) mass is 276 g/mol. The summed E-state index contributed by atoms with van der Waals surface area (Å²) in [6, 6.07) is 12.0. The van der Waals surface area contributed by atoms with Gasteiger partial charge in [0.1, 0.15) is 0 Å². The van der Waals surface area contributed by atoms with Gasteiger partial charge in [0.05, 0.1) is 7.11 Å². The third-order valence-corrected chi connectivity index (χ3v) is 3.28. The molecule has 1 unspecified atom stereocenters. The predicted molar refractivity (Wildman–Crippen MR) is 77.7 cm³/mol. The quantitative estimate of drug-likeness (QED) is 0.910. The zero-order chi connectivity index (χ0) is 13.7. The summed E-state index contributed by atoms with van der Waals surface area (Å²) in [5, 5.41) is 4.06. The third-order valence-electron chi connectivity index (χ3n) is 3.05. The minimum Gasteiger partial charge on any atom is -0.481 e. The van der Waals surface area contributed by atoms with Gasteiger partial charge in [0.15, 0.2) is 0 Å². The second kappa shape index (κ2) is 6.55. The average Bonchev–Trinajstić information content (AvgIpc) is 2.45. The zero-order valence-corrected chi connectivity index (χ0v) is 11.8. The third kappa shape index (κ3) is 3.69. The van der Waals surface area contributed by atoms with Gasteiger partial charge in [-0.05, 0) is 36.7 Å². The Morgan fingerprint density at radius 2 is 2.16 bits per heavy atom. The topological polar surface area (TPSA) is 34.1 Å². The molecular formula is C15H17ClN2O. The number of hydrogen-bond acceptors (Lipinski definition) is 3. The van der Waals surface area contributed by atoms with Crippen molar-refractivity contribution in [2.45, 2.75) is 12.5 Å². The van der Waals surface area contributed by atoms with Crippen LogP contribution in [0.3, 0.4) is 0 Å². The Morgan fingerprint density at radius 1 is 1.32 bits per heavy atom. The maximum atomic E-state index is 6.03. The molecule has 4 heteroatoms.